The smallest absolute Gasteiger partial charge is 0.140 e. The summed E-state index contributed by atoms with van der Waals surface area (Å²) in [5.41, 5.74) is 7.92. The third kappa shape index (κ3) is 3.38. The number of unbranched alkanes of at least 4 members (excludes halogenated alkanes) is 1. The summed E-state index contributed by atoms with van der Waals surface area (Å²) in [4.78, 5) is 5.02. The fourth-order valence-electron chi connectivity index (χ4n) is 3.56. The predicted octanol–water partition coefficient (Wildman–Crippen LogP) is 5.73. The highest BCUT2D eigenvalue weighted by molar-refractivity contribution is 5.66. The van der Waals surface area contributed by atoms with Gasteiger partial charge in [-0.1, -0.05) is 49.3 Å². The van der Waals surface area contributed by atoms with Crippen LogP contribution >= 0.6 is 0 Å². The third-order valence-corrected chi connectivity index (χ3v) is 4.90. The Morgan fingerprint density at radius 3 is 2.67 bits per heavy atom. The highest BCUT2D eigenvalue weighted by Crippen LogP contribution is 2.29. The lowest BCUT2D eigenvalue weighted by Crippen LogP contribution is -2.02. The molecule has 0 fully saturated rings. The molecular formula is C22H28N2. The number of imidazole rings is 1. The summed E-state index contributed by atoms with van der Waals surface area (Å²) in [6.07, 6.45) is 10.3. The predicted molar refractivity (Wildman–Crippen MR) is 103 cm³/mol. The van der Waals surface area contributed by atoms with Crippen LogP contribution in [0.1, 0.15) is 57.0 Å². The topological polar surface area (TPSA) is 17.8 Å². The van der Waals surface area contributed by atoms with Crippen LogP contribution in [-0.2, 0) is 19.9 Å². The Kier molecular flexibility index (Phi) is 5.03. The first-order valence-electron chi connectivity index (χ1n) is 9.09. The Hall–Kier alpha value is -2.09. The van der Waals surface area contributed by atoms with Crippen molar-refractivity contribution >= 4 is 6.08 Å². The van der Waals surface area contributed by atoms with E-state index < -0.39 is 0 Å². The van der Waals surface area contributed by atoms with Gasteiger partial charge in [-0.15, -0.1) is 0 Å². The molecule has 0 aliphatic heterocycles. The van der Waals surface area contributed by atoms with Crippen LogP contribution in [0.2, 0.25) is 0 Å². The van der Waals surface area contributed by atoms with Gasteiger partial charge >= 0.3 is 0 Å². The number of allylic oxidation sites excluding steroid dienone is 3. The fourth-order valence-corrected chi connectivity index (χ4v) is 3.56. The van der Waals surface area contributed by atoms with E-state index >= 15 is 0 Å². The molecule has 0 amide bonds. The highest BCUT2D eigenvalue weighted by Gasteiger charge is 2.17. The molecule has 0 saturated heterocycles. The Morgan fingerprint density at radius 2 is 1.88 bits per heavy atom. The molecule has 3 rings (SSSR count). The normalized spacial score (nSPS) is 14.5. The molecule has 0 atom stereocenters. The first-order valence-corrected chi connectivity index (χ1v) is 9.09. The molecule has 24 heavy (non-hydrogen) atoms. The van der Waals surface area contributed by atoms with Crippen molar-refractivity contribution in [1.29, 1.82) is 0 Å². The lowest BCUT2D eigenvalue weighted by molar-refractivity contribution is 0.785. The summed E-state index contributed by atoms with van der Waals surface area (Å²) in [6, 6.07) is 8.75. The molecule has 0 saturated carbocycles. The second-order valence-corrected chi connectivity index (χ2v) is 6.97. The van der Waals surface area contributed by atoms with Crippen LogP contribution in [0.3, 0.4) is 0 Å². The zero-order chi connectivity index (χ0) is 17.1. The summed E-state index contributed by atoms with van der Waals surface area (Å²) >= 11 is 0. The highest BCUT2D eigenvalue weighted by atomic mass is 15.1. The van der Waals surface area contributed by atoms with E-state index in [4.69, 9.17) is 4.98 Å². The summed E-state index contributed by atoms with van der Waals surface area (Å²) in [5, 5.41) is 0. The molecule has 1 aromatic carbocycles. The number of benzene rings is 1. The average Bonchev–Trinajstić information content (AvgIpc) is 2.85. The third-order valence-electron chi connectivity index (χ3n) is 4.90. The van der Waals surface area contributed by atoms with E-state index in [1.165, 1.54) is 40.8 Å². The summed E-state index contributed by atoms with van der Waals surface area (Å²) < 4.78 is 2.31. The van der Waals surface area contributed by atoms with Gasteiger partial charge in [-0.25, -0.2) is 4.98 Å². The van der Waals surface area contributed by atoms with Gasteiger partial charge in [0.15, 0.2) is 0 Å². The van der Waals surface area contributed by atoms with Crippen molar-refractivity contribution in [2.45, 2.75) is 52.9 Å². The Morgan fingerprint density at radius 1 is 1.08 bits per heavy atom. The number of aromatic nitrogens is 2. The maximum Gasteiger partial charge on any atom is 0.140 e. The van der Waals surface area contributed by atoms with Gasteiger partial charge in [0.2, 0.25) is 0 Å². The minimum atomic E-state index is 1.06. The van der Waals surface area contributed by atoms with Crippen molar-refractivity contribution in [3.63, 3.8) is 0 Å². The first-order chi connectivity index (χ1) is 11.6. The molecule has 2 heteroatoms. The van der Waals surface area contributed by atoms with Crippen molar-refractivity contribution in [2.75, 3.05) is 0 Å². The van der Waals surface area contributed by atoms with Gasteiger partial charge in [0.1, 0.15) is 5.82 Å². The van der Waals surface area contributed by atoms with Gasteiger partial charge in [0.05, 0.1) is 5.69 Å². The first kappa shape index (κ1) is 16.8. The zero-order valence-corrected chi connectivity index (χ0v) is 15.4. The average molecular weight is 320 g/mol. The van der Waals surface area contributed by atoms with Crippen molar-refractivity contribution < 1.29 is 0 Å². The van der Waals surface area contributed by atoms with Gasteiger partial charge in [0, 0.05) is 18.3 Å². The molecule has 0 unspecified atom stereocenters. The minimum absolute atomic E-state index is 1.06. The fraction of sp³-hybridized carbons (Fsp3) is 0.409. The van der Waals surface area contributed by atoms with Crippen molar-refractivity contribution in [3.8, 4) is 11.4 Å². The molecule has 1 heterocycles. The molecule has 1 aliphatic rings. The molecule has 2 nitrogen and oxygen atoms in total. The number of nitrogens with zero attached hydrogens (tertiary/aromatic N) is 2. The van der Waals surface area contributed by atoms with Gasteiger partial charge in [-0.05, 0) is 56.7 Å². The van der Waals surface area contributed by atoms with E-state index in [9.17, 15) is 0 Å². The zero-order valence-electron chi connectivity index (χ0n) is 15.4. The number of aryl methyl sites for hydroxylation is 1. The summed E-state index contributed by atoms with van der Waals surface area (Å²) in [5.74, 6) is 1.11. The van der Waals surface area contributed by atoms with Crippen LogP contribution in [0.5, 0.6) is 0 Å². The molecule has 2 aromatic rings. The Bertz CT molecular complexity index is 790. The molecule has 0 radical (unpaired) electrons. The lowest BCUT2D eigenvalue weighted by atomic mass is 10.0. The number of fused-ring (bicyclic) bond motifs is 1. The molecule has 0 spiro atoms. The standard InChI is InChI=1S/C22H28N2/c1-5-6-9-18-10-7-8-11-19(18)22-23-20-15-17(3)14-16(2)12-13-21(20)24(22)4/h7-8,10-11,14-15H,5-6,9,12-13H2,1-4H3. The van der Waals surface area contributed by atoms with Crippen LogP contribution < -0.4 is 0 Å². The van der Waals surface area contributed by atoms with E-state index in [0.29, 0.717) is 0 Å². The molecule has 126 valence electrons. The van der Waals surface area contributed by atoms with Crippen molar-refractivity contribution in [2.24, 2.45) is 7.05 Å². The van der Waals surface area contributed by atoms with Crippen LogP contribution in [0.25, 0.3) is 17.5 Å². The summed E-state index contributed by atoms with van der Waals surface area (Å²) in [7, 11) is 2.17. The maximum absolute atomic E-state index is 5.02. The second kappa shape index (κ2) is 7.21. The van der Waals surface area contributed by atoms with Crippen molar-refractivity contribution in [1.82, 2.24) is 9.55 Å². The molecular weight excluding hydrogens is 292 g/mol. The van der Waals surface area contributed by atoms with Gasteiger partial charge in [0.25, 0.3) is 0 Å². The second-order valence-electron chi connectivity index (χ2n) is 6.97. The molecule has 0 N–H and O–H groups in total. The van der Waals surface area contributed by atoms with E-state index in [0.717, 1.165) is 30.8 Å². The van der Waals surface area contributed by atoms with Crippen LogP contribution in [0, 0.1) is 0 Å². The molecule has 1 aliphatic carbocycles. The number of rotatable bonds is 4. The Balaban J connectivity index is 2.07. The number of hydrogen-bond donors (Lipinski definition) is 0. The maximum atomic E-state index is 5.02. The van der Waals surface area contributed by atoms with E-state index in [1.54, 1.807) is 0 Å². The quantitative estimate of drug-likeness (QED) is 0.704. The minimum Gasteiger partial charge on any atom is -0.331 e. The van der Waals surface area contributed by atoms with Gasteiger partial charge in [-0.2, -0.15) is 0 Å². The molecule has 0 bridgehead atoms. The van der Waals surface area contributed by atoms with Gasteiger partial charge < -0.3 is 4.57 Å². The van der Waals surface area contributed by atoms with Crippen LogP contribution in [-0.4, -0.2) is 9.55 Å². The largest absolute Gasteiger partial charge is 0.331 e. The van der Waals surface area contributed by atoms with E-state index in [1.807, 2.05) is 0 Å². The summed E-state index contributed by atoms with van der Waals surface area (Å²) in [6.45, 7) is 6.64. The van der Waals surface area contributed by atoms with Crippen LogP contribution in [0.4, 0.5) is 0 Å². The van der Waals surface area contributed by atoms with E-state index in [-0.39, 0.29) is 0 Å². The number of hydrogen-bond acceptors (Lipinski definition) is 1. The Labute approximate surface area is 145 Å². The van der Waals surface area contributed by atoms with Gasteiger partial charge in [-0.3, -0.25) is 0 Å². The van der Waals surface area contributed by atoms with Crippen LogP contribution in [0.15, 0.2) is 41.5 Å². The monoisotopic (exact) mass is 320 g/mol. The van der Waals surface area contributed by atoms with Crippen molar-refractivity contribution in [3.05, 3.63) is 58.4 Å². The van der Waals surface area contributed by atoms with E-state index in [2.05, 4.69) is 68.8 Å². The molecule has 1 aromatic heterocycles. The SMILES string of the molecule is CCCCc1ccccc1-c1nc2c(n1C)CCC(C)=CC(C)=C2. The lowest BCUT2D eigenvalue weighted by Gasteiger charge is -2.11.